The molecule has 1 aliphatic rings. The van der Waals surface area contributed by atoms with Gasteiger partial charge in [-0.05, 0) is 37.3 Å². The third kappa shape index (κ3) is 3.46. The van der Waals surface area contributed by atoms with E-state index in [0.717, 1.165) is 0 Å². The molecule has 4 rings (SSSR count). The molecule has 2 amide bonds. The minimum absolute atomic E-state index is 0.0636. The number of nitrogens with one attached hydrogen (secondary N) is 2. The fraction of sp³-hybridized carbons (Fsp3) is 0.211. The molecular formula is C19H16ClN3O5. The number of nitrogens with zero attached hydrogens (tertiary/aromatic N) is 1. The third-order valence-corrected chi connectivity index (χ3v) is 4.62. The van der Waals surface area contributed by atoms with Crippen LogP contribution in [0.5, 0.6) is 5.75 Å². The van der Waals surface area contributed by atoms with Gasteiger partial charge in [-0.2, -0.15) is 0 Å². The maximum absolute atomic E-state index is 12.3. The smallest absolute Gasteiger partial charge is 0.419 e. The number of hydrogen-bond acceptors (Lipinski definition) is 5. The van der Waals surface area contributed by atoms with E-state index >= 15 is 0 Å². The zero-order valence-electron chi connectivity index (χ0n) is 14.8. The Kier molecular flexibility index (Phi) is 4.56. The van der Waals surface area contributed by atoms with Crippen molar-refractivity contribution in [3.05, 3.63) is 52.0 Å². The van der Waals surface area contributed by atoms with Crippen molar-refractivity contribution in [1.82, 2.24) is 4.57 Å². The molecular weight excluding hydrogens is 386 g/mol. The molecule has 1 aromatic heterocycles. The second-order valence-electron chi connectivity index (χ2n) is 6.39. The van der Waals surface area contributed by atoms with Crippen LogP contribution in [0.15, 0.2) is 45.6 Å². The first-order valence-electron chi connectivity index (χ1n) is 8.61. The number of rotatable bonds is 4. The zero-order chi connectivity index (χ0) is 19.8. The van der Waals surface area contributed by atoms with E-state index in [0.29, 0.717) is 33.2 Å². The molecule has 0 aliphatic carbocycles. The molecule has 2 aromatic carbocycles. The van der Waals surface area contributed by atoms with Crippen LogP contribution in [0.2, 0.25) is 5.02 Å². The maximum atomic E-state index is 12.3. The van der Waals surface area contributed by atoms with Gasteiger partial charge in [0.25, 0.3) is 5.91 Å². The minimum atomic E-state index is -0.564. The lowest BCUT2D eigenvalue weighted by Gasteiger charge is -2.23. The lowest BCUT2D eigenvalue weighted by Crippen LogP contribution is -2.34. The number of aromatic nitrogens is 1. The summed E-state index contributed by atoms with van der Waals surface area (Å²) in [5.74, 6) is -0.540. The summed E-state index contributed by atoms with van der Waals surface area (Å²) in [4.78, 5) is 36.0. The number of oxazole rings is 1. The molecule has 0 fully saturated rings. The van der Waals surface area contributed by atoms with Crippen molar-refractivity contribution in [2.45, 2.75) is 26.0 Å². The van der Waals surface area contributed by atoms with E-state index in [-0.39, 0.29) is 24.8 Å². The van der Waals surface area contributed by atoms with Crippen molar-refractivity contribution in [2.75, 3.05) is 10.6 Å². The summed E-state index contributed by atoms with van der Waals surface area (Å²) in [6.45, 7) is 1.81. The monoisotopic (exact) mass is 401 g/mol. The fourth-order valence-electron chi connectivity index (χ4n) is 2.98. The molecule has 1 atom stereocenters. The Hall–Kier alpha value is -3.26. The number of carbonyl (C=O) groups excluding carboxylic acids is 2. The van der Waals surface area contributed by atoms with Gasteiger partial charge in [0.15, 0.2) is 11.7 Å². The first-order valence-corrected chi connectivity index (χ1v) is 8.99. The zero-order valence-corrected chi connectivity index (χ0v) is 15.6. The van der Waals surface area contributed by atoms with E-state index in [1.165, 1.54) is 4.57 Å². The predicted molar refractivity (Wildman–Crippen MR) is 104 cm³/mol. The molecule has 2 heterocycles. The quantitative estimate of drug-likeness (QED) is 0.699. The van der Waals surface area contributed by atoms with Crippen LogP contribution >= 0.6 is 11.6 Å². The molecule has 1 aliphatic heterocycles. The SMILES string of the molecule is C[C@H]1Oc2ccc(NC(=O)CCn3c(=O)oc4cc(Cl)ccc43)cc2NC1=O. The summed E-state index contributed by atoms with van der Waals surface area (Å²) < 4.78 is 12.0. The Balaban J connectivity index is 1.44. The molecule has 0 saturated heterocycles. The van der Waals surface area contributed by atoms with E-state index in [9.17, 15) is 14.4 Å². The number of halogens is 1. The van der Waals surface area contributed by atoms with E-state index in [1.54, 1.807) is 43.3 Å². The van der Waals surface area contributed by atoms with Crippen LogP contribution in [0, 0.1) is 0 Å². The van der Waals surface area contributed by atoms with E-state index in [1.807, 2.05) is 0 Å². The lowest BCUT2D eigenvalue weighted by atomic mass is 10.2. The van der Waals surface area contributed by atoms with Crippen LogP contribution in [0.3, 0.4) is 0 Å². The number of aryl methyl sites for hydroxylation is 1. The van der Waals surface area contributed by atoms with Crippen LogP contribution in [0.25, 0.3) is 11.1 Å². The first-order chi connectivity index (χ1) is 13.4. The van der Waals surface area contributed by atoms with Gasteiger partial charge in [-0.1, -0.05) is 11.6 Å². The Morgan fingerprint density at radius 3 is 2.89 bits per heavy atom. The Morgan fingerprint density at radius 1 is 1.25 bits per heavy atom. The van der Waals surface area contributed by atoms with Gasteiger partial charge in [0.1, 0.15) is 5.75 Å². The summed E-state index contributed by atoms with van der Waals surface area (Å²) in [6, 6.07) is 9.87. The number of amides is 2. The van der Waals surface area contributed by atoms with Crippen LogP contribution < -0.4 is 21.1 Å². The van der Waals surface area contributed by atoms with Crippen LogP contribution in [0.1, 0.15) is 13.3 Å². The van der Waals surface area contributed by atoms with E-state index in [2.05, 4.69) is 10.6 Å². The Morgan fingerprint density at radius 2 is 2.07 bits per heavy atom. The molecule has 0 saturated carbocycles. The average Bonchev–Trinajstić information content (AvgIpc) is 2.95. The van der Waals surface area contributed by atoms with Crippen molar-refractivity contribution < 1.29 is 18.7 Å². The van der Waals surface area contributed by atoms with Crippen LogP contribution in [-0.2, 0) is 16.1 Å². The van der Waals surface area contributed by atoms with Gasteiger partial charge in [-0.25, -0.2) is 4.79 Å². The first kappa shape index (κ1) is 18.1. The van der Waals surface area contributed by atoms with Crippen LogP contribution in [0.4, 0.5) is 11.4 Å². The van der Waals surface area contributed by atoms with Gasteiger partial charge in [-0.3, -0.25) is 14.2 Å². The molecule has 0 spiro atoms. The molecule has 8 nitrogen and oxygen atoms in total. The highest BCUT2D eigenvalue weighted by Crippen LogP contribution is 2.32. The van der Waals surface area contributed by atoms with Gasteiger partial charge in [-0.15, -0.1) is 0 Å². The normalized spacial score (nSPS) is 15.6. The van der Waals surface area contributed by atoms with Crippen molar-refractivity contribution >= 4 is 45.9 Å². The maximum Gasteiger partial charge on any atom is 0.419 e. The van der Waals surface area contributed by atoms with Crippen molar-refractivity contribution in [3.8, 4) is 5.75 Å². The summed E-state index contributed by atoms with van der Waals surface area (Å²) in [6.07, 6.45) is -0.500. The van der Waals surface area contributed by atoms with Crippen molar-refractivity contribution in [3.63, 3.8) is 0 Å². The number of benzene rings is 2. The summed E-state index contributed by atoms with van der Waals surface area (Å²) >= 11 is 5.89. The summed E-state index contributed by atoms with van der Waals surface area (Å²) in [5.41, 5.74) is 1.95. The third-order valence-electron chi connectivity index (χ3n) is 4.39. The van der Waals surface area contributed by atoms with Gasteiger partial charge >= 0.3 is 5.76 Å². The number of hydrogen-bond donors (Lipinski definition) is 2. The lowest BCUT2D eigenvalue weighted by molar-refractivity contribution is -0.122. The molecule has 144 valence electrons. The molecule has 28 heavy (non-hydrogen) atoms. The van der Waals surface area contributed by atoms with Gasteiger partial charge in [0.05, 0.1) is 11.2 Å². The van der Waals surface area contributed by atoms with E-state index in [4.69, 9.17) is 20.8 Å². The van der Waals surface area contributed by atoms with Crippen LogP contribution in [-0.4, -0.2) is 22.5 Å². The number of anilines is 2. The second kappa shape index (κ2) is 7.05. The number of fused-ring (bicyclic) bond motifs is 2. The molecule has 0 unspecified atom stereocenters. The summed E-state index contributed by atoms with van der Waals surface area (Å²) in [7, 11) is 0. The Bertz CT molecular complexity index is 1150. The van der Waals surface area contributed by atoms with Gasteiger partial charge < -0.3 is 19.8 Å². The van der Waals surface area contributed by atoms with Gasteiger partial charge in [0.2, 0.25) is 5.91 Å². The fourth-order valence-corrected chi connectivity index (χ4v) is 3.14. The number of carbonyl (C=O) groups is 2. The molecule has 0 radical (unpaired) electrons. The topological polar surface area (TPSA) is 103 Å². The van der Waals surface area contributed by atoms with Crippen molar-refractivity contribution in [2.24, 2.45) is 0 Å². The van der Waals surface area contributed by atoms with Crippen molar-refractivity contribution in [1.29, 1.82) is 0 Å². The highest BCUT2D eigenvalue weighted by Gasteiger charge is 2.23. The predicted octanol–water partition coefficient (Wildman–Crippen LogP) is 3.00. The molecule has 0 bridgehead atoms. The van der Waals surface area contributed by atoms with Gasteiger partial charge in [0, 0.05) is 29.7 Å². The highest BCUT2D eigenvalue weighted by atomic mass is 35.5. The second-order valence-corrected chi connectivity index (χ2v) is 6.83. The molecule has 9 heteroatoms. The molecule has 3 aromatic rings. The highest BCUT2D eigenvalue weighted by molar-refractivity contribution is 6.31. The standard InChI is InChI=1S/C19H16ClN3O5/c1-10-18(25)22-13-9-12(3-5-15(13)27-10)21-17(24)6-7-23-14-4-2-11(20)8-16(14)28-19(23)26/h2-5,8-10H,6-7H2,1H3,(H,21,24)(H,22,25)/t10-/m1/s1. The molecule has 2 N–H and O–H groups in total. The minimum Gasteiger partial charge on any atom is -0.479 e. The largest absolute Gasteiger partial charge is 0.479 e. The van der Waals surface area contributed by atoms with E-state index < -0.39 is 11.9 Å². The summed E-state index contributed by atoms with van der Waals surface area (Å²) in [5, 5.41) is 5.93. The Labute approximate surface area is 164 Å². The number of ether oxygens (including phenoxy) is 1. The average molecular weight is 402 g/mol.